The number of ether oxygens (including phenoxy) is 3. The molecule has 0 radical (unpaired) electrons. The monoisotopic (exact) mass is 644 g/mol. The van der Waals surface area contributed by atoms with Crippen LogP contribution in [-0.4, -0.2) is 24.9 Å². The van der Waals surface area contributed by atoms with Crippen LogP contribution < -0.4 is 14.2 Å². The second-order valence-electron chi connectivity index (χ2n) is 13.1. The molecule has 4 nitrogen and oxygen atoms in total. The highest BCUT2D eigenvalue weighted by atomic mass is 16.5. The quantitative estimate of drug-likeness (QED) is 0.0662. The fourth-order valence-electron chi connectivity index (χ4n) is 6.09. The van der Waals surface area contributed by atoms with Gasteiger partial charge in [-0.05, 0) is 72.4 Å². The molecule has 1 N–H and O–H groups in total. The second kappa shape index (κ2) is 23.4. The summed E-state index contributed by atoms with van der Waals surface area (Å²) in [5.74, 6) is 2.50. The molecule has 0 amide bonds. The highest BCUT2D eigenvalue weighted by Gasteiger charge is 2.34. The summed E-state index contributed by atoms with van der Waals surface area (Å²) in [4.78, 5) is 0. The van der Waals surface area contributed by atoms with Gasteiger partial charge >= 0.3 is 0 Å². The predicted molar refractivity (Wildman–Crippen MR) is 198 cm³/mol. The molecule has 0 aliphatic rings. The van der Waals surface area contributed by atoms with Crippen LogP contribution in [0.3, 0.4) is 0 Å². The number of hydrogen-bond donors (Lipinski definition) is 1. The molecular weight excluding hydrogens is 580 g/mol. The van der Waals surface area contributed by atoms with Crippen molar-refractivity contribution in [3.05, 3.63) is 89.5 Å². The average Bonchev–Trinajstić information content (AvgIpc) is 3.11. The first-order valence-corrected chi connectivity index (χ1v) is 19.0. The van der Waals surface area contributed by atoms with Gasteiger partial charge in [0.1, 0.15) is 22.8 Å². The van der Waals surface area contributed by atoms with Crippen molar-refractivity contribution in [2.75, 3.05) is 19.8 Å². The van der Waals surface area contributed by atoms with Gasteiger partial charge in [0.05, 0.1) is 19.8 Å². The molecule has 0 unspecified atom stereocenters. The summed E-state index contributed by atoms with van der Waals surface area (Å²) in [6.07, 6.45) is 22.3. The first-order valence-electron chi connectivity index (χ1n) is 19.0. The Morgan fingerprint density at radius 1 is 0.362 bits per heavy atom. The van der Waals surface area contributed by atoms with Crippen molar-refractivity contribution in [2.24, 2.45) is 0 Å². The fourth-order valence-corrected chi connectivity index (χ4v) is 6.09. The van der Waals surface area contributed by atoms with E-state index >= 15 is 0 Å². The van der Waals surface area contributed by atoms with Gasteiger partial charge in [-0.2, -0.15) is 0 Å². The summed E-state index contributed by atoms with van der Waals surface area (Å²) >= 11 is 0. The Hall–Kier alpha value is -2.98. The van der Waals surface area contributed by atoms with Crippen molar-refractivity contribution in [3.63, 3.8) is 0 Å². The van der Waals surface area contributed by atoms with Crippen molar-refractivity contribution in [1.29, 1.82) is 0 Å². The third kappa shape index (κ3) is 14.0. The standard InChI is InChI=1S/C43H64O4/c1-4-7-10-13-16-19-34-45-40-28-22-37(23-29-40)43(44,38-24-30-41(31-25-38)46-35-20-17-14-11-8-5-2)39-26-32-42(33-27-39)47-36-21-18-15-12-9-6-3/h22-33,44H,4-21,34-36H2,1-3H3. The van der Waals surface area contributed by atoms with E-state index < -0.39 is 5.60 Å². The Morgan fingerprint density at radius 2 is 0.596 bits per heavy atom. The SMILES string of the molecule is CCCCCCCCOc1ccc(C(O)(c2ccc(OCCCCCCCC)cc2)c2ccc(OCCCCCCCC)cc2)cc1. The first-order chi connectivity index (χ1) is 23.1. The maximum atomic E-state index is 12.5. The molecule has 0 saturated heterocycles. The maximum Gasteiger partial charge on any atom is 0.140 e. The van der Waals surface area contributed by atoms with Gasteiger partial charge in [0, 0.05) is 0 Å². The van der Waals surface area contributed by atoms with Crippen LogP contribution in [0.15, 0.2) is 72.8 Å². The smallest absolute Gasteiger partial charge is 0.140 e. The van der Waals surface area contributed by atoms with Crippen molar-refractivity contribution in [2.45, 2.75) is 142 Å². The van der Waals surface area contributed by atoms with Gasteiger partial charge in [0.2, 0.25) is 0 Å². The molecule has 3 rings (SSSR count). The molecule has 0 aliphatic heterocycles. The summed E-state index contributed by atoms with van der Waals surface area (Å²) in [6, 6.07) is 23.8. The van der Waals surface area contributed by atoms with Crippen LogP contribution in [0.5, 0.6) is 17.2 Å². The Balaban J connectivity index is 1.68. The van der Waals surface area contributed by atoms with E-state index in [4.69, 9.17) is 14.2 Å². The summed E-state index contributed by atoms with van der Waals surface area (Å²) in [5.41, 5.74) is 1.05. The molecule has 0 bridgehead atoms. The largest absolute Gasteiger partial charge is 0.494 e. The molecular formula is C43H64O4. The lowest BCUT2D eigenvalue weighted by molar-refractivity contribution is 0.125. The van der Waals surface area contributed by atoms with Crippen LogP contribution >= 0.6 is 0 Å². The van der Waals surface area contributed by atoms with E-state index in [0.29, 0.717) is 0 Å². The van der Waals surface area contributed by atoms with Gasteiger partial charge in [-0.3, -0.25) is 0 Å². The molecule has 0 saturated carbocycles. The van der Waals surface area contributed by atoms with Gasteiger partial charge in [-0.1, -0.05) is 153 Å². The van der Waals surface area contributed by atoms with Crippen LogP contribution in [-0.2, 0) is 5.60 Å². The van der Waals surface area contributed by atoms with E-state index in [1.54, 1.807) is 0 Å². The average molecular weight is 645 g/mol. The third-order valence-electron chi connectivity index (χ3n) is 9.12. The molecule has 0 atom stereocenters. The lowest BCUT2D eigenvalue weighted by atomic mass is 9.80. The Morgan fingerprint density at radius 3 is 0.851 bits per heavy atom. The Labute approximate surface area is 287 Å². The molecule has 0 heterocycles. The molecule has 3 aromatic rings. The molecule has 0 aromatic heterocycles. The highest BCUT2D eigenvalue weighted by molar-refractivity contribution is 5.50. The first kappa shape index (κ1) is 38.5. The van der Waals surface area contributed by atoms with Crippen LogP contribution in [0.1, 0.15) is 153 Å². The third-order valence-corrected chi connectivity index (χ3v) is 9.12. The number of benzene rings is 3. The van der Waals surface area contributed by atoms with E-state index in [0.717, 1.165) is 73.0 Å². The van der Waals surface area contributed by atoms with Crippen molar-refractivity contribution >= 4 is 0 Å². The zero-order valence-corrected chi connectivity index (χ0v) is 29.9. The molecule has 4 heteroatoms. The van der Waals surface area contributed by atoms with Crippen molar-refractivity contribution < 1.29 is 19.3 Å². The number of aliphatic hydroxyl groups is 1. The summed E-state index contributed by atoms with van der Waals surface area (Å²) < 4.78 is 18.2. The number of unbranched alkanes of at least 4 members (excludes halogenated alkanes) is 15. The number of rotatable bonds is 27. The maximum absolute atomic E-state index is 12.5. The summed E-state index contributed by atoms with van der Waals surface area (Å²) in [6.45, 7) is 8.90. The summed E-state index contributed by atoms with van der Waals surface area (Å²) in [7, 11) is 0. The molecule has 260 valence electrons. The van der Waals surface area contributed by atoms with Crippen molar-refractivity contribution in [3.8, 4) is 17.2 Å². The lowest BCUT2D eigenvalue weighted by Crippen LogP contribution is -2.28. The van der Waals surface area contributed by atoms with E-state index in [1.807, 2.05) is 72.8 Å². The Bertz CT molecular complexity index is 1020. The van der Waals surface area contributed by atoms with Gasteiger partial charge < -0.3 is 19.3 Å². The van der Waals surface area contributed by atoms with Crippen LogP contribution in [0, 0.1) is 0 Å². The van der Waals surface area contributed by atoms with E-state index in [2.05, 4.69) is 20.8 Å². The molecule has 3 aromatic carbocycles. The molecule has 47 heavy (non-hydrogen) atoms. The minimum absolute atomic E-state index is 0.718. The Kier molecular flexibility index (Phi) is 19.1. The van der Waals surface area contributed by atoms with E-state index in [1.165, 1.54) is 96.3 Å². The second-order valence-corrected chi connectivity index (χ2v) is 13.1. The lowest BCUT2D eigenvalue weighted by Gasteiger charge is -2.30. The van der Waals surface area contributed by atoms with Crippen LogP contribution in [0.4, 0.5) is 0 Å². The molecule has 0 spiro atoms. The zero-order valence-electron chi connectivity index (χ0n) is 29.9. The van der Waals surface area contributed by atoms with Gasteiger partial charge in [-0.15, -0.1) is 0 Å². The normalized spacial score (nSPS) is 11.5. The predicted octanol–water partition coefficient (Wildman–Crippen LogP) is 12.2. The number of hydrogen-bond acceptors (Lipinski definition) is 4. The van der Waals surface area contributed by atoms with Gasteiger partial charge in [0.15, 0.2) is 0 Å². The van der Waals surface area contributed by atoms with Crippen LogP contribution in [0.2, 0.25) is 0 Å². The minimum atomic E-state index is -1.34. The summed E-state index contributed by atoms with van der Waals surface area (Å²) in [5, 5.41) is 12.5. The van der Waals surface area contributed by atoms with E-state index in [-0.39, 0.29) is 0 Å². The van der Waals surface area contributed by atoms with Crippen LogP contribution in [0.25, 0.3) is 0 Å². The molecule has 0 fully saturated rings. The molecule has 0 aliphatic carbocycles. The van der Waals surface area contributed by atoms with E-state index in [9.17, 15) is 5.11 Å². The topological polar surface area (TPSA) is 47.9 Å². The van der Waals surface area contributed by atoms with Gasteiger partial charge in [0.25, 0.3) is 0 Å². The zero-order chi connectivity index (χ0) is 33.4. The fraction of sp³-hybridized carbons (Fsp3) is 0.581. The van der Waals surface area contributed by atoms with Crippen molar-refractivity contribution in [1.82, 2.24) is 0 Å². The van der Waals surface area contributed by atoms with Gasteiger partial charge in [-0.25, -0.2) is 0 Å². The minimum Gasteiger partial charge on any atom is -0.494 e. The highest BCUT2D eigenvalue weighted by Crippen LogP contribution is 2.38.